The van der Waals surface area contributed by atoms with Gasteiger partial charge >= 0.3 is 0 Å². The van der Waals surface area contributed by atoms with Gasteiger partial charge in [0.1, 0.15) is 18.5 Å². The Balaban J connectivity index is 1.40. The van der Waals surface area contributed by atoms with E-state index < -0.39 is 6.10 Å². The van der Waals surface area contributed by atoms with Crippen molar-refractivity contribution in [3.63, 3.8) is 0 Å². The molecule has 0 aliphatic carbocycles. The fraction of sp³-hybridized carbons (Fsp3) is 0.400. The van der Waals surface area contributed by atoms with E-state index in [1.165, 1.54) is 0 Å². The quantitative estimate of drug-likeness (QED) is 0.783. The molecule has 0 saturated carbocycles. The predicted octanol–water partition coefficient (Wildman–Crippen LogP) is 0.678. The number of nitrogens with one attached hydrogen (secondary N) is 1. The van der Waals surface area contributed by atoms with Crippen LogP contribution in [-0.2, 0) is 13.6 Å². The number of fused-ring (bicyclic) bond motifs is 1. The highest BCUT2D eigenvalue weighted by Gasteiger charge is 2.14. The normalized spacial score (nSPS) is 14.1. The van der Waals surface area contributed by atoms with Gasteiger partial charge < -0.3 is 29.2 Å². The lowest BCUT2D eigenvalue weighted by molar-refractivity contribution is 0.106. The number of aromatic nitrogens is 2. The maximum atomic E-state index is 9.94. The smallest absolute Gasteiger partial charge is 0.231 e. The van der Waals surface area contributed by atoms with E-state index in [2.05, 4.69) is 10.3 Å². The molecule has 3 rings (SSSR count). The highest BCUT2D eigenvalue weighted by Crippen LogP contribution is 2.35. The third-order valence-electron chi connectivity index (χ3n) is 3.39. The number of benzene rings is 1. The number of hydrogen-bond donors (Lipinski definition) is 2. The molecule has 1 aliphatic heterocycles. The highest BCUT2D eigenvalue weighted by molar-refractivity contribution is 5.46. The van der Waals surface area contributed by atoms with Crippen LogP contribution in [0.4, 0.5) is 0 Å². The zero-order valence-electron chi connectivity index (χ0n) is 12.4. The molecule has 0 spiro atoms. The second kappa shape index (κ2) is 6.67. The van der Waals surface area contributed by atoms with Gasteiger partial charge in [-0.05, 0) is 12.1 Å². The van der Waals surface area contributed by atoms with Crippen molar-refractivity contribution < 1.29 is 19.3 Å². The van der Waals surface area contributed by atoms with E-state index in [1.54, 1.807) is 30.7 Å². The lowest BCUT2D eigenvalue weighted by atomic mass is 10.3. The molecule has 2 N–H and O–H groups in total. The van der Waals surface area contributed by atoms with Crippen LogP contribution in [0.2, 0.25) is 0 Å². The minimum Gasteiger partial charge on any atom is -0.491 e. The monoisotopic (exact) mass is 305 g/mol. The topological polar surface area (TPSA) is 77.8 Å². The SMILES string of the molecule is Cn1cncc1CNCC(O)COc1ccc2c(c1)OCO2. The Morgan fingerprint density at radius 2 is 2.27 bits per heavy atom. The van der Waals surface area contributed by atoms with Crippen LogP contribution in [0.15, 0.2) is 30.7 Å². The molecule has 0 radical (unpaired) electrons. The van der Waals surface area contributed by atoms with E-state index in [1.807, 2.05) is 11.6 Å². The molecule has 22 heavy (non-hydrogen) atoms. The van der Waals surface area contributed by atoms with Crippen LogP contribution in [0.1, 0.15) is 5.69 Å². The van der Waals surface area contributed by atoms with Crippen molar-refractivity contribution in [3.05, 3.63) is 36.4 Å². The van der Waals surface area contributed by atoms with Crippen molar-refractivity contribution in [3.8, 4) is 17.2 Å². The third-order valence-corrected chi connectivity index (χ3v) is 3.39. The first-order valence-electron chi connectivity index (χ1n) is 7.09. The molecule has 1 aromatic carbocycles. The van der Waals surface area contributed by atoms with E-state index in [-0.39, 0.29) is 13.4 Å². The van der Waals surface area contributed by atoms with Crippen LogP contribution in [0.5, 0.6) is 17.2 Å². The molecule has 0 amide bonds. The fourth-order valence-corrected chi connectivity index (χ4v) is 2.14. The molecule has 0 saturated heterocycles. The molecule has 2 aromatic rings. The molecule has 2 heterocycles. The van der Waals surface area contributed by atoms with Gasteiger partial charge in [0.25, 0.3) is 0 Å². The molecule has 7 heteroatoms. The van der Waals surface area contributed by atoms with Crippen molar-refractivity contribution in [2.45, 2.75) is 12.6 Å². The minimum absolute atomic E-state index is 0.206. The Hall–Kier alpha value is -2.25. The lowest BCUT2D eigenvalue weighted by Crippen LogP contribution is -2.31. The molecule has 1 atom stereocenters. The number of hydrogen-bond acceptors (Lipinski definition) is 6. The molecule has 118 valence electrons. The van der Waals surface area contributed by atoms with Gasteiger partial charge in [0.2, 0.25) is 6.79 Å². The van der Waals surface area contributed by atoms with E-state index in [4.69, 9.17) is 14.2 Å². The van der Waals surface area contributed by atoms with Crippen molar-refractivity contribution in [1.29, 1.82) is 0 Å². The summed E-state index contributed by atoms with van der Waals surface area (Å²) in [5.74, 6) is 2.03. The summed E-state index contributed by atoms with van der Waals surface area (Å²) in [4.78, 5) is 4.04. The summed E-state index contributed by atoms with van der Waals surface area (Å²) < 4.78 is 18.0. The van der Waals surface area contributed by atoms with E-state index in [0.717, 1.165) is 5.69 Å². The Morgan fingerprint density at radius 1 is 1.41 bits per heavy atom. The Morgan fingerprint density at radius 3 is 3.09 bits per heavy atom. The molecular weight excluding hydrogens is 286 g/mol. The van der Waals surface area contributed by atoms with Crippen LogP contribution in [0.3, 0.4) is 0 Å². The summed E-state index contributed by atoms with van der Waals surface area (Å²) in [5.41, 5.74) is 1.06. The van der Waals surface area contributed by atoms with Gasteiger partial charge in [-0.3, -0.25) is 0 Å². The number of aliphatic hydroxyl groups is 1. The first-order chi connectivity index (χ1) is 10.7. The molecule has 1 unspecified atom stereocenters. The Labute approximate surface area is 128 Å². The van der Waals surface area contributed by atoms with Crippen LogP contribution in [0, 0.1) is 0 Å². The summed E-state index contributed by atoms with van der Waals surface area (Å²) >= 11 is 0. The number of rotatable bonds is 7. The summed E-state index contributed by atoms with van der Waals surface area (Å²) in [6.07, 6.45) is 2.94. The number of nitrogens with zero attached hydrogens (tertiary/aromatic N) is 2. The zero-order chi connectivity index (χ0) is 15.4. The second-order valence-corrected chi connectivity index (χ2v) is 5.11. The largest absolute Gasteiger partial charge is 0.491 e. The van der Waals surface area contributed by atoms with Gasteiger partial charge in [0.05, 0.1) is 12.0 Å². The van der Waals surface area contributed by atoms with Crippen molar-refractivity contribution >= 4 is 0 Å². The maximum Gasteiger partial charge on any atom is 0.231 e. The van der Waals surface area contributed by atoms with Crippen LogP contribution >= 0.6 is 0 Å². The van der Waals surface area contributed by atoms with E-state index in [0.29, 0.717) is 30.3 Å². The van der Waals surface area contributed by atoms with E-state index in [9.17, 15) is 5.11 Å². The van der Waals surface area contributed by atoms with Gasteiger partial charge in [0, 0.05) is 32.4 Å². The molecule has 1 aromatic heterocycles. The Kier molecular flexibility index (Phi) is 4.45. The van der Waals surface area contributed by atoms with E-state index >= 15 is 0 Å². The number of imidazole rings is 1. The predicted molar refractivity (Wildman–Crippen MR) is 79.0 cm³/mol. The number of aliphatic hydroxyl groups excluding tert-OH is 1. The molecular formula is C15H19N3O4. The summed E-state index contributed by atoms with van der Waals surface area (Å²) in [6.45, 7) is 1.53. The van der Waals surface area contributed by atoms with Gasteiger partial charge in [-0.1, -0.05) is 0 Å². The zero-order valence-corrected chi connectivity index (χ0v) is 12.4. The minimum atomic E-state index is -0.598. The summed E-state index contributed by atoms with van der Waals surface area (Å²) in [6, 6.07) is 5.35. The van der Waals surface area contributed by atoms with Crippen LogP contribution in [0.25, 0.3) is 0 Å². The van der Waals surface area contributed by atoms with Crippen LogP contribution in [-0.4, -0.2) is 40.7 Å². The lowest BCUT2D eigenvalue weighted by Gasteiger charge is -2.13. The van der Waals surface area contributed by atoms with Gasteiger partial charge in [0.15, 0.2) is 11.5 Å². The van der Waals surface area contributed by atoms with Gasteiger partial charge in [-0.2, -0.15) is 0 Å². The molecule has 7 nitrogen and oxygen atoms in total. The standard InChI is InChI=1S/C15H19N3O4/c1-18-9-17-6-11(18)5-16-7-12(19)8-20-13-2-3-14-15(4-13)22-10-21-14/h2-4,6,9,12,16,19H,5,7-8,10H2,1H3. The summed E-state index contributed by atoms with van der Waals surface area (Å²) in [5, 5.41) is 13.1. The fourth-order valence-electron chi connectivity index (χ4n) is 2.14. The second-order valence-electron chi connectivity index (χ2n) is 5.11. The average Bonchev–Trinajstić information content (AvgIpc) is 3.14. The third kappa shape index (κ3) is 3.49. The average molecular weight is 305 g/mol. The number of aryl methyl sites for hydroxylation is 1. The summed E-state index contributed by atoms with van der Waals surface area (Å²) in [7, 11) is 1.93. The van der Waals surface area contributed by atoms with Crippen molar-refractivity contribution in [2.24, 2.45) is 7.05 Å². The first kappa shape index (κ1) is 14.7. The van der Waals surface area contributed by atoms with Gasteiger partial charge in [-0.15, -0.1) is 0 Å². The molecule has 1 aliphatic rings. The molecule has 0 bridgehead atoms. The van der Waals surface area contributed by atoms with Gasteiger partial charge in [-0.25, -0.2) is 4.98 Å². The van der Waals surface area contributed by atoms with Crippen molar-refractivity contribution in [2.75, 3.05) is 19.9 Å². The molecule has 0 fully saturated rings. The first-order valence-corrected chi connectivity index (χ1v) is 7.09. The Bertz CT molecular complexity index is 629. The highest BCUT2D eigenvalue weighted by atomic mass is 16.7. The van der Waals surface area contributed by atoms with Crippen LogP contribution < -0.4 is 19.5 Å². The maximum absolute atomic E-state index is 9.94. The van der Waals surface area contributed by atoms with Crippen molar-refractivity contribution in [1.82, 2.24) is 14.9 Å². The number of ether oxygens (including phenoxy) is 3.